The fourth-order valence-electron chi connectivity index (χ4n) is 1.98. The van der Waals surface area contributed by atoms with Crippen LogP contribution in [0.4, 0.5) is 13.2 Å². The molecule has 2 heterocycles. The van der Waals surface area contributed by atoms with Crippen LogP contribution in [0.25, 0.3) is 10.9 Å². The maximum absolute atomic E-state index is 13.0. The summed E-state index contributed by atoms with van der Waals surface area (Å²) in [4.78, 5) is 11.5. The predicted octanol–water partition coefficient (Wildman–Crippen LogP) is 4.45. The molecule has 0 saturated heterocycles. The summed E-state index contributed by atoms with van der Waals surface area (Å²) in [6, 6.07) is 6.58. The smallest absolute Gasteiger partial charge is 0.339 e. The lowest BCUT2D eigenvalue weighted by atomic mass is 10.2. The van der Waals surface area contributed by atoms with E-state index in [4.69, 9.17) is 4.52 Å². The summed E-state index contributed by atoms with van der Waals surface area (Å²) >= 11 is 1.12. The molecule has 3 aromatic rings. The summed E-state index contributed by atoms with van der Waals surface area (Å²) in [5.41, 5.74) is 0.248. The van der Waals surface area contributed by atoms with E-state index >= 15 is 0 Å². The highest BCUT2D eigenvalue weighted by Crippen LogP contribution is 2.33. The zero-order valence-electron chi connectivity index (χ0n) is 12.8. The standard InChI is InChI=1S/C15H13F3N4OS/c1-8(2)12-20-11(22-23-12)7-24-13-9-5-3-4-6-10(9)19-14(21-13)15(16,17)18/h3-6,8H,7H2,1-2H3. The van der Waals surface area contributed by atoms with E-state index in [0.717, 1.165) is 11.8 Å². The lowest BCUT2D eigenvalue weighted by molar-refractivity contribution is -0.145. The van der Waals surface area contributed by atoms with Crippen molar-refractivity contribution < 1.29 is 17.7 Å². The van der Waals surface area contributed by atoms with Gasteiger partial charge in [-0.1, -0.05) is 49.0 Å². The zero-order valence-corrected chi connectivity index (χ0v) is 13.6. The second-order valence-electron chi connectivity index (χ2n) is 5.36. The van der Waals surface area contributed by atoms with Crippen molar-refractivity contribution in [3.63, 3.8) is 0 Å². The lowest BCUT2D eigenvalue weighted by Crippen LogP contribution is -2.11. The highest BCUT2D eigenvalue weighted by atomic mass is 32.2. The molecule has 0 N–H and O–H groups in total. The maximum Gasteiger partial charge on any atom is 0.451 e. The van der Waals surface area contributed by atoms with E-state index in [1.807, 2.05) is 13.8 Å². The molecule has 2 aromatic heterocycles. The zero-order chi connectivity index (χ0) is 17.3. The number of rotatable bonds is 4. The number of fused-ring (bicyclic) bond motifs is 1. The van der Waals surface area contributed by atoms with Crippen molar-refractivity contribution in [2.75, 3.05) is 0 Å². The molecule has 24 heavy (non-hydrogen) atoms. The van der Waals surface area contributed by atoms with Crippen molar-refractivity contribution in [2.45, 2.75) is 36.7 Å². The highest BCUT2D eigenvalue weighted by molar-refractivity contribution is 7.98. The van der Waals surface area contributed by atoms with E-state index < -0.39 is 12.0 Å². The molecule has 0 spiro atoms. The number of thioether (sulfide) groups is 1. The lowest BCUT2D eigenvalue weighted by Gasteiger charge is -2.09. The minimum Gasteiger partial charge on any atom is -0.339 e. The molecule has 3 rings (SSSR count). The van der Waals surface area contributed by atoms with Gasteiger partial charge in [-0.05, 0) is 6.07 Å². The van der Waals surface area contributed by atoms with Crippen LogP contribution >= 0.6 is 11.8 Å². The normalized spacial score (nSPS) is 12.2. The first-order valence-electron chi connectivity index (χ1n) is 7.14. The molecule has 1 aromatic carbocycles. The van der Waals surface area contributed by atoms with Crippen molar-refractivity contribution in [2.24, 2.45) is 0 Å². The third kappa shape index (κ3) is 3.50. The SMILES string of the molecule is CC(C)c1nc(CSc2nc(C(F)(F)F)nc3ccccc23)no1. The van der Waals surface area contributed by atoms with Crippen molar-refractivity contribution in [1.82, 2.24) is 20.1 Å². The molecule has 0 aliphatic heterocycles. The second kappa shape index (κ2) is 6.39. The van der Waals surface area contributed by atoms with E-state index in [0.29, 0.717) is 17.1 Å². The largest absolute Gasteiger partial charge is 0.451 e. The van der Waals surface area contributed by atoms with Crippen LogP contribution in [-0.2, 0) is 11.9 Å². The van der Waals surface area contributed by atoms with Gasteiger partial charge in [0.15, 0.2) is 5.82 Å². The Morgan fingerprint density at radius 1 is 1.12 bits per heavy atom. The fraction of sp³-hybridized carbons (Fsp3) is 0.333. The Balaban J connectivity index is 1.92. The average molecular weight is 354 g/mol. The third-order valence-corrected chi connectivity index (χ3v) is 4.12. The molecule has 0 aliphatic carbocycles. The van der Waals surface area contributed by atoms with Gasteiger partial charge < -0.3 is 4.52 Å². The monoisotopic (exact) mass is 354 g/mol. The molecule has 0 atom stereocenters. The Morgan fingerprint density at radius 2 is 1.88 bits per heavy atom. The summed E-state index contributed by atoms with van der Waals surface area (Å²) in [7, 11) is 0. The van der Waals surface area contributed by atoms with Gasteiger partial charge in [-0.25, -0.2) is 9.97 Å². The predicted molar refractivity (Wildman–Crippen MR) is 82.5 cm³/mol. The van der Waals surface area contributed by atoms with E-state index in [-0.39, 0.29) is 22.2 Å². The van der Waals surface area contributed by atoms with Gasteiger partial charge in [0.1, 0.15) is 5.03 Å². The van der Waals surface area contributed by atoms with Gasteiger partial charge in [-0.3, -0.25) is 0 Å². The second-order valence-corrected chi connectivity index (χ2v) is 6.32. The van der Waals surface area contributed by atoms with Crippen molar-refractivity contribution in [1.29, 1.82) is 0 Å². The molecule has 0 fully saturated rings. The Kier molecular flexibility index (Phi) is 4.44. The fourth-order valence-corrected chi connectivity index (χ4v) is 2.84. The van der Waals surface area contributed by atoms with Crippen molar-refractivity contribution >= 4 is 22.7 Å². The number of hydrogen-bond donors (Lipinski definition) is 0. The third-order valence-electron chi connectivity index (χ3n) is 3.14. The van der Waals surface area contributed by atoms with Crippen LogP contribution in [-0.4, -0.2) is 20.1 Å². The number of nitrogens with zero attached hydrogens (tertiary/aromatic N) is 4. The van der Waals surface area contributed by atoms with Gasteiger partial charge in [0, 0.05) is 11.3 Å². The molecule has 0 aliphatic rings. The minimum atomic E-state index is -4.60. The number of benzene rings is 1. The van der Waals surface area contributed by atoms with E-state index in [9.17, 15) is 13.2 Å². The first-order chi connectivity index (χ1) is 11.3. The Labute approximate surface area is 139 Å². The van der Waals surface area contributed by atoms with Gasteiger partial charge >= 0.3 is 6.18 Å². The number of aromatic nitrogens is 4. The van der Waals surface area contributed by atoms with Gasteiger partial charge in [0.05, 0.1) is 11.3 Å². The molecule has 0 bridgehead atoms. The van der Waals surface area contributed by atoms with Crippen LogP contribution in [0.15, 0.2) is 33.8 Å². The van der Waals surface area contributed by atoms with Crippen LogP contribution in [0.5, 0.6) is 0 Å². The molecular formula is C15H13F3N4OS. The van der Waals surface area contributed by atoms with Crippen molar-refractivity contribution in [3.8, 4) is 0 Å². The Bertz CT molecular complexity index is 863. The highest BCUT2D eigenvalue weighted by Gasteiger charge is 2.35. The Morgan fingerprint density at radius 3 is 2.54 bits per heavy atom. The summed E-state index contributed by atoms with van der Waals surface area (Å²) in [5, 5.41) is 4.63. The number of hydrogen-bond acceptors (Lipinski definition) is 6. The van der Waals surface area contributed by atoms with Crippen LogP contribution in [0.2, 0.25) is 0 Å². The van der Waals surface area contributed by atoms with Gasteiger partial charge in [-0.15, -0.1) is 0 Å². The first kappa shape index (κ1) is 16.7. The average Bonchev–Trinajstić information content (AvgIpc) is 3.00. The number of halogens is 3. The number of para-hydroxylation sites is 1. The molecule has 0 saturated carbocycles. The molecule has 9 heteroatoms. The Hall–Kier alpha value is -2.16. The molecule has 0 unspecified atom stereocenters. The molecule has 0 radical (unpaired) electrons. The summed E-state index contributed by atoms with van der Waals surface area (Å²) in [6.45, 7) is 3.83. The summed E-state index contributed by atoms with van der Waals surface area (Å²) in [6.07, 6.45) is -4.60. The van der Waals surface area contributed by atoms with Crippen LogP contribution in [0.3, 0.4) is 0 Å². The van der Waals surface area contributed by atoms with E-state index in [1.165, 1.54) is 6.07 Å². The molecule has 5 nitrogen and oxygen atoms in total. The molecule has 126 valence electrons. The molecule has 0 amide bonds. The van der Waals surface area contributed by atoms with Crippen LogP contribution in [0.1, 0.15) is 37.3 Å². The summed E-state index contributed by atoms with van der Waals surface area (Å²) < 4.78 is 44.0. The summed E-state index contributed by atoms with van der Waals surface area (Å²) in [5.74, 6) is 0.107. The minimum absolute atomic E-state index is 0.0907. The van der Waals surface area contributed by atoms with Gasteiger partial charge in [0.25, 0.3) is 0 Å². The van der Waals surface area contributed by atoms with Crippen molar-refractivity contribution in [3.05, 3.63) is 41.8 Å². The van der Waals surface area contributed by atoms with E-state index in [2.05, 4.69) is 20.1 Å². The van der Waals surface area contributed by atoms with Crippen LogP contribution in [0, 0.1) is 0 Å². The van der Waals surface area contributed by atoms with Crippen LogP contribution < -0.4 is 0 Å². The van der Waals surface area contributed by atoms with Gasteiger partial charge in [-0.2, -0.15) is 18.2 Å². The quantitative estimate of drug-likeness (QED) is 0.509. The first-order valence-corrected chi connectivity index (χ1v) is 8.12. The number of alkyl halides is 3. The van der Waals surface area contributed by atoms with E-state index in [1.54, 1.807) is 18.2 Å². The van der Waals surface area contributed by atoms with Gasteiger partial charge in [0.2, 0.25) is 11.7 Å². The maximum atomic E-state index is 13.0. The molecular weight excluding hydrogens is 341 g/mol. The topological polar surface area (TPSA) is 64.7 Å².